The molecule has 0 spiro atoms. The van der Waals surface area contributed by atoms with E-state index in [1.165, 1.54) is 19.6 Å². The zero-order valence-electron chi connectivity index (χ0n) is 9.63. The number of benzene rings is 1. The van der Waals surface area contributed by atoms with E-state index in [4.69, 9.17) is 10.5 Å². The second-order valence-corrected chi connectivity index (χ2v) is 4.57. The lowest BCUT2D eigenvalue weighted by atomic mass is 9.77. The average molecular weight is 223 g/mol. The van der Waals surface area contributed by atoms with Crippen molar-refractivity contribution in [3.63, 3.8) is 0 Å². The van der Waals surface area contributed by atoms with Crippen LogP contribution in [0.25, 0.3) is 0 Å². The minimum atomic E-state index is -0.328. The van der Waals surface area contributed by atoms with Gasteiger partial charge in [0.1, 0.15) is 0 Å². The van der Waals surface area contributed by atoms with Crippen molar-refractivity contribution >= 4 is 0 Å². The van der Waals surface area contributed by atoms with Crippen LogP contribution in [0.15, 0.2) is 18.2 Å². The molecule has 0 amide bonds. The van der Waals surface area contributed by atoms with Crippen LogP contribution in [-0.2, 0) is 5.54 Å². The molecule has 0 bridgehead atoms. The lowest BCUT2D eigenvalue weighted by Crippen LogP contribution is -2.38. The van der Waals surface area contributed by atoms with Gasteiger partial charge in [-0.15, -0.1) is 0 Å². The van der Waals surface area contributed by atoms with Gasteiger partial charge in [0.15, 0.2) is 11.6 Å². The van der Waals surface area contributed by atoms with Crippen LogP contribution in [0.5, 0.6) is 5.75 Å². The summed E-state index contributed by atoms with van der Waals surface area (Å²) in [7, 11) is 1.48. The predicted molar refractivity (Wildman–Crippen MR) is 61.9 cm³/mol. The molecule has 0 aromatic heterocycles. The van der Waals surface area contributed by atoms with Gasteiger partial charge in [-0.1, -0.05) is 25.3 Å². The minimum Gasteiger partial charge on any atom is -0.494 e. The molecule has 2 rings (SSSR count). The van der Waals surface area contributed by atoms with Crippen molar-refractivity contribution in [1.29, 1.82) is 0 Å². The summed E-state index contributed by atoms with van der Waals surface area (Å²) in [5.74, 6) is -0.0430. The van der Waals surface area contributed by atoms with Crippen molar-refractivity contribution in [3.05, 3.63) is 29.6 Å². The zero-order chi connectivity index (χ0) is 11.6. The summed E-state index contributed by atoms with van der Waals surface area (Å²) in [5.41, 5.74) is 7.07. The van der Waals surface area contributed by atoms with Gasteiger partial charge in [-0.05, 0) is 30.5 Å². The molecule has 1 aliphatic rings. The highest BCUT2D eigenvalue weighted by Crippen LogP contribution is 2.36. The molecule has 0 radical (unpaired) electrons. The number of halogens is 1. The highest BCUT2D eigenvalue weighted by atomic mass is 19.1. The van der Waals surface area contributed by atoms with E-state index < -0.39 is 0 Å². The lowest BCUT2D eigenvalue weighted by Gasteiger charge is -2.34. The molecule has 3 heteroatoms. The number of hydrogen-bond acceptors (Lipinski definition) is 2. The van der Waals surface area contributed by atoms with E-state index in [9.17, 15) is 4.39 Å². The molecule has 2 N–H and O–H groups in total. The van der Waals surface area contributed by atoms with Crippen molar-refractivity contribution in [3.8, 4) is 5.75 Å². The van der Waals surface area contributed by atoms with Crippen molar-refractivity contribution in [2.75, 3.05) is 7.11 Å². The van der Waals surface area contributed by atoms with Crippen LogP contribution >= 0.6 is 0 Å². The van der Waals surface area contributed by atoms with Crippen molar-refractivity contribution in [1.82, 2.24) is 0 Å². The topological polar surface area (TPSA) is 35.2 Å². The summed E-state index contributed by atoms with van der Waals surface area (Å²) in [6.07, 6.45) is 5.49. The summed E-state index contributed by atoms with van der Waals surface area (Å²) in [4.78, 5) is 0. The van der Waals surface area contributed by atoms with Gasteiger partial charge < -0.3 is 10.5 Å². The van der Waals surface area contributed by atoms with Gasteiger partial charge in [0.25, 0.3) is 0 Å². The second kappa shape index (κ2) is 4.42. The third-order valence-electron chi connectivity index (χ3n) is 3.47. The summed E-state index contributed by atoms with van der Waals surface area (Å²) in [5, 5.41) is 0. The van der Waals surface area contributed by atoms with Gasteiger partial charge in [0.2, 0.25) is 0 Å². The minimum absolute atomic E-state index is 0.285. The van der Waals surface area contributed by atoms with Crippen molar-refractivity contribution in [2.45, 2.75) is 37.6 Å². The Morgan fingerprint density at radius 1 is 1.25 bits per heavy atom. The standard InChI is InChI=1S/C13H18FNO/c1-16-12-9-10(5-6-11(12)14)13(15)7-3-2-4-8-13/h5-6,9H,2-4,7-8,15H2,1H3. The molecule has 1 aliphatic carbocycles. The molecule has 1 saturated carbocycles. The highest BCUT2D eigenvalue weighted by molar-refractivity contribution is 5.34. The molecular weight excluding hydrogens is 205 g/mol. The van der Waals surface area contributed by atoms with Gasteiger partial charge in [0.05, 0.1) is 7.11 Å². The monoisotopic (exact) mass is 223 g/mol. The predicted octanol–water partition coefficient (Wildman–Crippen LogP) is 2.95. The van der Waals surface area contributed by atoms with Gasteiger partial charge >= 0.3 is 0 Å². The SMILES string of the molecule is COc1cc(C2(N)CCCCC2)ccc1F. The summed E-state index contributed by atoms with van der Waals surface area (Å²) in [6, 6.07) is 4.96. The Bertz CT molecular complexity index is 372. The molecule has 0 aliphatic heterocycles. The molecule has 2 nitrogen and oxygen atoms in total. The Hall–Kier alpha value is -1.09. The van der Waals surface area contributed by atoms with Crippen LogP contribution in [0.2, 0.25) is 0 Å². The molecular formula is C13H18FNO. The van der Waals surface area contributed by atoms with E-state index in [-0.39, 0.29) is 17.1 Å². The maximum absolute atomic E-state index is 13.3. The quantitative estimate of drug-likeness (QED) is 0.836. The maximum Gasteiger partial charge on any atom is 0.165 e. The van der Waals surface area contributed by atoms with Crippen LogP contribution in [-0.4, -0.2) is 7.11 Å². The number of hydrogen-bond donors (Lipinski definition) is 1. The van der Waals surface area contributed by atoms with Gasteiger partial charge in [-0.3, -0.25) is 0 Å². The summed E-state index contributed by atoms with van der Waals surface area (Å²) >= 11 is 0. The van der Waals surface area contributed by atoms with Crippen LogP contribution in [0, 0.1) is 5.82 Å². The fourth-order valence-corrected chi connectivity index (χ4v) is 2.44. The molecule has 16 heavy (non-hydrogen) atoms. The van der Waals surface area contributed by atoms with Crippen molar-refractivity contribution in [2.24, 2.45) is 5.73 Å². The Balaban J connectivity index is 2.32. The average Bonchev–Trinajstić information content (AvgIpc) is 2.30. The molecule has 0 saturated heterocycles. The van der Waals surface area contributed by atoms with Gasteiger partial charge in [-0.25, -0.2) is 4.39 Å². The largest absolute Gasteiger partial charge is 0.494 e. The molecule has 88 valence electrons. The van der Waals surface area contributed by atoms with E-state index in [1.807, 2.05) is 0 Å². The Morgan fingerprint density at radius 3 is 2.56 bits per heavy atom. The summed E-state index contributed by atoms with van der Waals surface area (Å²) < 4.78 is 18.3. The number of ether oxygens (including phenoxy) is 1. The first kappa shape index (κ1) is 11.4. The van der Waals surface area contributed by atoms with E-state index in [0.29, 0.717) is 0 Å². The molecule has 0 unspecified atom stereocenters. The molecule has 0 heterocycles. The van der Waals surface area contributed by atoms with E-state index in [0.717, 1.165) is 31.2 Å². The first-order chi connectivity index (χ1) is 7.65. The fourth-order valence-electron chi connectivity index (χ4n) is 2.44. The number of rotatable bonds is 2. The van der Waals surface area contributed by atoms with Gasteiger partial charge in [0, 0.05) is 5.54 Å². The van der Waals surface area contributed by atoms with Gasteiger partial charge in [-0.2, -0.15) is 0 Å². The Labute approximate surface area is 95.6 Å². The Morgan fingerprint density at radius 2 is 1.94 bits per heavy atom. The Kier molecular flexibility index (Phi) is 3.15. The third kappa shape index (κ3) is 2.05. The first-order valence-electron chi connectivity index (χ1n) is 5.79. The highest BCUT2D eigenvalue weighted by Gasteiger charge is 2.29. The van der Waals surface area contributed by atoms with Crippen LogP contribution in [0.3, 0.4) is 0 Å². The van der Waals surface area contributed by atoms with Crippen LogP contribution in [0.1, 0.15) is 37.7 Å². The molecule has 1 aromatic carbocycles. The number of methoxy groups -OCH3 is 1. The van der Waals surface area contributed by atoms with E-state index in [1.54, 1.807) is 12.1 Å². The molecule has 1 fully saturated rings. The van der Waals surface area contributed by atoms with Crippen LogP contribution in [0.4, 0.5) is 4.39 Å². The summed E-state index contributed by atoms with van der Waals surface area (Å²) in [6.45, 7) is 0. The normalized spacial score (nSPS) is 19.4. The fraction of sp³-hybridized carbons (Fsp3) is 0.538. The van der Waals surface area contributed by atoms with E-state index in [2.05, 4.69) is 0 Å². The maximum atomic E-state index is 13.3. The lowest BCUT2D eigenvalue weighted by molar-refractivity contribution is 0.300. The van der Waals surface area contributed by atoms with E-state index >= 15 is 0 Å². The zero-order valence-corrected chi connectivity index (χ0v) is 9.63. The molecule has 1 aromatic rings. The number of nitrogens with two attached hydrogens (primary N) is 1. The smallest absolute Gasteiger partial charge is 0.165 e. The third-order valence-corrected chi connectivity index (χ3v) is 3.47. The second-order valence-electron chi connectivity index (χ2n) is 4.57. The van der Waals surface area contributed by atoms with Crippen LogP contribution < -0.4 is 10.5 Å². The molecule has 0 atom stereocenters. The van der Waals surface area contributed by atoms with Crippen molar-refractivity contribution < 1.29 is 9.13 Å². The first-order valence-corrected chi connectivity index (χ1v) is 5.79.